The second-order valence-corrected chi connectivity index (χ2v) is 5.82. The third-order valence-electron chi connectivity index (χ3n) is 3.41. The highest BCUT2D eigenvalue weighted by molar-refractivity contribution is 9.10. The van der Waals surface area contributed by atoms with Crippen LogP contribution in [0.25, 0.3) is 0 Å². The third-order valence-corrected chi connectivity index (χ3v) is 3.91. The van der Waals surface area contributed by atoms with E-state index in [4.69, 9.17) is 5.26 Å². The number of hydrogen-bond donors (Lipinski definition) is 1. The van der Waals surface area contributed by atoms with Crippen LogP contribution in [0, 0.1) is 17.2 Å². The Morgan fingerprint density at radius 3 is 2.79 bits per heavy atom. The summed E-state index contributed by atoms with van der Waals surface area (Å²) in [5.41, 5.74) is 1.03. The van der Waals surface area contributed by atoms with Crippen LogP contribution in [0.3, 0.4) is 0 Å². The molecule has 1 heterocycles. The number of nitriles is 1. The second-order valence-electron chi connectivity index (χ2n) is 4.90. The normalized spacial score (nSPS) is 15.9. The summed E-state index contributed by atoms with van der Waals surface area (Å²) >= 11 is 3.34. The highest BCUT2D eigenvalue weighted by atomic mass is 79.9. The molecule has 0 unspecified atom stereocenters. The van der Waals surface area contributed by atoms with Gasteiger partial charge in [0.2, 0.25) is 0 Å². The van der Waals surface area contributed by atoms with Crippen LogP contribution in [0.4, 0.5) is 10.5 Å². The fourth-order valence-electron chi connectivity index (χ4n) is 2.12. The number of hydrogen-bond acceptors (Lipinski definition) is 2. The summed E-state index contributed by atoms with van der Waals surface area (Å²) in [7, 11) is 0. The minimum absolute atomic E-state index is 0.124. The predicted octanol–water partition coefficient (Wildman–Crippen LogP) is 3.58. The van der Waals surface area contributed by atoms with Gasteiger partial charge in [-0.3, -0.25) is 0 Å². The zero-order valence-electron chi connectivity index (χ0n) is 10.8. The van der Waals surface area contributed by atoms with Gasteiger partial charge in [-0.05, 0) is 37.0 Å². The topological polar surface area (TPSA) is 56.1 Å². The van der Waals surface area contributed by atoms with Crippen LogP contribution in [-0.4, -0.2) is 24.0 Å². The zero-order chi connectivity index (χ0) is 13.8. The Hall–Kier alpha value is -1.54. The predicted molar refractivity (Wildman–Crippen MR) is 77.8 cm³/mol. The summed E-state index contributed by atoms with van der Waals surface area (Å²) in [5, 5.41) is 11.9. The SMILES string of the molecule is CC1CCN(C(=O)Nc2cc(Br)ccc2C#N)CC1. The quantitative estimate of drug-likeness (QED) is 0.859. The number of benzene rings is 1. The molecule has 0 radical (unpaired) electrons. The Morgan fingerprint density at radius 2 is 2.16 bits per heavy atom. The van der Waals surface area contributed by atoms with Crippen LogP contribution in [0.15, 0.2) is 22.7 Å². The molecule has 1 saturated heterocycles. The van der Waals surface area contributed by atoms with Gasteiger partial charge >= 0.3 is 6.03 Å². The number of anilines is 1. The maximum atomic E-state index is 12.1. The van der Waals surface area contributed by atoms with E-state index in [1.54, 1.807) is 18.2 Å². The molecule has 1 aromatic rings. The summed E-state index contributed by atoms with van der Waals surface area (Å²) in [6.07, 6.45) is 2.08. The fourth-order valence-corrected chi connectivity index (χ4v) is 2.48. The smallest absolute Gasteiger partial charge is 0.321 e. The van der Waals surface area contributed by atoms with Crippen molar-refractivity contribution in [2.45, 2.75) is 19.8 Å². The van der Waals surface area contributed by atoms with E-state index in [2.05, 4.69) is 34.2 Å². The number of nitrogens with zero attached hydrogens (tertiary/aromatic N) is 2. The van der Waals surface area contributed by atoms with E-state index in [0.29, 0.717) is 17.2 Å². The number of carbonyl (C=O) groups is 1. The Labute approximate surface area is 121 Å². The lowest BCUT2D eigenvalue weighted by molar-refractivity contribution is 0.186. The number of carbonyl (C=O) groups excluding carboxylic acids is 1. The average molecular weight is 322 g/mol. The van der Waals surface area contributed by atoms with Crippen molar-refractivity contribution in [3.8, 4) is 6.07 Å². The Bertz CT molecular complexity index is 516. The molecule has 1 aliphatic heterocycles. The lowest BCUT2D eigenvalue weighted by atomic mass is 10.00. The number of urea groups is 1. The molecular weight excluding hydrogens is 306 g/mol. The van der Waals surface area contributed by atoms with Crippen molar-refractivity contribution in [1.29, 1.82) is 5.26 Å². The summed E-state index contributed by atoms with van der Waals surface area (Å²) in [6.45, 7) is 3.77. The molecule has 2 amide bonds. The molecule has 100 valence electrons. The molecule has 0 spiro atoms. The largest absolute Gasteiger partial charge is 0.325 e. The molecule has 0 atom stereocenters. The number of halogens is 1. The first kappa shape index (κ1) is 13.9. The maximum absolute atomic E-state index is 12.1. The monoisotopic (exact) mass is 321 g/mol. The van der Waals surface area contributed by atoms with Crippen molar-refractivity contribution >= 4 is 27.6 Å². The molecule has 0 saturated carbocycles. The van der Waals surface area contributed by atoms with Crippen LogP contribution < -0.4 is 5.32 Å². The Balaban J connectivity index is 2.07. The first-order valence-corrected chi connectivity index (χ1v) is 7.15. The number of piperidine rings is 1. The summed E-state index contributed by atoms with van der Waals surface area (Å²) in [4.78, 5) is 14.0. The number of nitrogens with one attached hydrogen (secondary N) is 1. The first-order valence-electron chi connectivity index (χ1n) is 6.35. The van der Waals surface area contributed by atoms with Gasteiger partial charge in [-0.15, -0.1) is 0 Å². The molecule has 1 aliphatic rings. The van der Waals surface area contributed by atoms with Crippen LogP contribution in [0.5, 0.6) is 0 Å². The maximum Gasteiger partial charge on any atom is 0.321 e. The number of likely N-dealkylation sites (tertiary alicyclic amines) is 1. The second kappa shape index (κ2) is 6.07. The van der Waals surface area contributed by atoms with Crippen molar-refractivity contribution in [3.05, 3.63) is 28.2 Å². The van der Waals surface area contributed by atoms with Crippen molar-refractivity contribution in [1.82, 2.24) is 4.90 Å². The fraction of sp³-hybridized carbons (Fsp3) is 0.429. The van der Waals surface area contributed by atoms with Crippen LogP contribution in [-0.2, 0) is 0 Å². The lowest BCUT2D eigenvalue weighted by Crippen LogP contribution is -2.40. The van der Waals surface area contributed by atoms with Gasteiger partial charge in [0, 0.05) is 17.6 Å². The summed E-state index contributed by atoms with van der Waals surface area (Å²) in [5.74, 6) is 0.685. The van der Waals surface area contributed by atoms with Gasteiger partial charge in [-0.25, -0.2) is 4.79 Å². The molecule has 2 rings (SSSR count). The average Bonchev–Trinajstić information content (AvgIpc) is 2.39. The highest BCUT2D eigenvalue weighted by Crippen LogP contribution is 2.22. The number of rotatable bonds is 1. The van der Waals surface area contributed by atoms with Crippen LogP contribution in [0.2, 0.25) is 0 Å². The summed E-state index contributed by atoms with van der Waals surface area (Å²) in [6, 6.07) is 7.19. The van der Waals surface area contributed by atoms with Gasteiger partial charge in [-0.1, -0.05) is 22.9 Å². The van der Waals surface area contributed by atoms with Gasteiger partial charge in [0.25, 0.3) is 0 Å². The van der Waals surface area contributed by atoms with E-state index < -0.39 is 0 Å². The molecule has 4 nitrogen and oxygen atoms in total. The summed E-state index contributed by atoms with van der Waals surface area (Å²) < 4.78 is 0.842. The molecule has 1 N–H and O–H groups in total. The van der Waals surface area contributed by atoms with Crippen molar-refractivity contribution in [2.24, 2.45) is 5.92 Å². The lowest BCUT2D eigenvalue weighted by Gasteiger charge is -2.30. The standard InChI is InChI=1S/C14H16BrN3O/c1-10-4-6-18(7-5-10)14(19)17-13-8-12(15)3-2-11(13)9-16/h2-3,8,10H,4-7H2,1H3,(H,17,19). The molecule has 1 aromatic carbocycles. The Kier molecular flexibility index (Phi) is 4.43. The molecular formula is C14H16BrN3O. The van der Waals surface area contributed by atoms with Gasteiger partial charge in [0.15, 0.2) is 0 Å². The molecule has 0 aromatic heterocycles. The number of amides is 2. The Morgan fingerprint density at radius 1 is 1.47 bits per heavy atom. The van der Waals surface area contributed by atoms with Crippen LogP contribution in [0.1, 0.15) is 25.3 Å². The molecule has 1 fully saturated rings. The molecule has 5 heteroatoms. The van der Waals surface area contributed by atoms with E-state index in [0.717, 1.165) is 30.4 Å². The van der Waals surface area contributed by atoms with E-state index in [1.165, 1.54) is 0 Å². The van der Waals surface area contributed by atoms with Crippen molar-refractivity contribution in [2.75, 3.05) is 18.4 Å². The van der Waals surface area contributed by atoms with Crippen molar-refractivity contribution in [3.63, 3.8) is 0 Å². The van der Waals surface area contributed by atoms with Crippen molar-refractivity contribution < 1.29 is 4.79 Å². The van der Waals surface area contributed by atoms with Gasteiger partial charge in [-0.2, -0.15) is 5.26 Å². The van der Waals surface area contributed by atoms with E-state index >= 15 is 0 Å². The minimum Gasteiger partial charge on any atom is -0.325 e. The third kappa shape index (κ3) is 3.48. The molecule has 19 heavy (non-hydrogen) atoms. The molecule has 0 aliphatic carbocycles. The van der Waals surface area contributed by atoms with Crippen LogP contribution >= 0.6 is 15.9 Å². The van der Waals surface area contributed by atoms with Gasteiger partial charge < -0.3 is 10.2 Å². The minimum atomic E-state index is -0.124. The van der Waals surface area contributed by atoms with E-state index in [1.807, 2.05) is 4.90 Å². The van der Waals surface area contributed by atoms with E-state index in [9.17, 15) is 4.79 Å². The zero-order valence-corrected chi connectivity index (χ0v) is 12.4. The van der Waals surface area contributed by atoms with Gasteiger partial charge in [0.05, 0.1) is 11.3 Å². The van der Waals surface area contributed by atoms with Gasteiger partial charge in [0.1, 0.15) is 6.07 Å². The van der Waals surface area contributed by atoms with E-state index in [-0.39, 0.29) is 6.03 Å². The molecule has 0 bridgehead atoms. The first-order chi connectivity index (χ1) is 9.10. The highest BCUT2D eigenvalue weighted by Gasteiger charge is 2.20.